The van der Waals surface area contributed by atoms with Gasteiger partial charge in [0.15, 0.2) is 0 Å². The lowest BCUT2D eigenvalue weighted by Gasteiger charge is -2.32. The lowest BCUT2D eigenvalue weighted by molar-refractivity contribution is -0.139. The van der Waals surface area contributed by atoms with E-state index in [9.17, 15) is 18.0 Å². The lowest BCUT2D eigenvalue weighted by atomic mass is 10.0. The monoisotopic (exact) mass is 565 g/mol. The van der Waals surface area contributed by atoms with Gasteiger partial charge in [0.05, 0.1) is 11.9 Å². The molecule has 0 saturated heterocycles. The van der Waals surface area contributed by atoms with E-state index in [2.05, 4.69) is 21.2 Å². The molecule has 0 aliphatic rings. The third-order valence-corrected chi connectivity index (χ3v) is 7.37. The fourth-order valence-electron chi connectivity index (χ4n) is 3.75. The van der Waals surface area contributed by atoms with Gasteiger partial charge in [0.1, 0.15) is 12.6 Å². The highest BCUT2D eigenvalue weighted by Gasteiger charge is 2.31. The van der Waals surface area contributed by atoms with E-state index in [4.69, 9.17) is 0 Å². The van der Waals surface area contributed by atoms with Gasteiger partial charge in [0, 0.05) is 17.6 Å². The Kier molecular flexibility index (Phi) is 10.8. The zero-order valence-electron chi connectivity index (χ0n) is 21.1. The van der Waals surface area contributed by atoms with Crippen LogP contribution in [0.1, 0.15) is 57.6 Å². The average Bonchev–Trinajstić information content (AvgIpc) is 2.79. The number of para-hydroxylation sites is 1. The molecule has 35 heavy (non-hydrogen) atoms. The second kappa shape index (κ2) is 13.1. The van der Waals surface area contributed by atoms with Gasteiger partial charge < -0.3 is 10.2 Å². The molecule has 2 amide bonds. The summed E-state index contributed by atoms with van der Waals surface area (Å²) in [5.41, 5.74) is 2.13. The smallest absolute Gasteiger partial charge is 0.244 e. The number of carbonyl (C=O) groups excluding carboxylic acids is 2. The Labute approximate surface area is 218 Å². The van der Waals surface area contributed by atoms with Gasteiger partial charge in [-0.1, -0.05) is 73.5 Å². The molecule has 9 heteroatoms. The van der Waals surface area contributed by atoms with Crippen molar-refractivity contribution >= 4 is 43.5 Å². The van der Waals surface area contributed by atoms with Crippen LogP contribution in [-0.2, 0) is 26.2 Å². The number of carbonyl (C=O) groups is 2. The Morgan fingerprint density at radius 2 is 1.74 bits per heavy atom. The molecule has 7 nitrogen and oxygen atoms in total. The molecular formula is C26H36BrN3O4S. The fourth-order valence-corrected chi connectivity index (χ4v) is 5.06. The number of benzene rings is 2. The molecule has 2 aromatic carbocycles. The van der Waals surface area contributed by atoms with Gasteiger partial charge >= 0.3 is 0 Å². The Morgan fingerprint density at radius 1 is 1.06 bits per heavy atom. The van der Waals surface area contributed by atoms with E-state index < -0.39 is 28.5 Å². The summed E-state index contributed by atoms with van der Waals surface area (Å²) in [4.78, 5) is 28.0. The average molecular weight is 567 g/mol. The first kappa shape index (κ1) is 28.8. The number of hydrogen-bond donors (Lipinski definition) is 1. The first-order valence-electron chi connectivity index (χ1n) is 11.8. The zero-order valence-corrected chi connectivity index (χ0v) is 23.5. The molecule has 0 saturated carbocycles. The summed E-state index contributed by atoms with van der Waals surface area (Å²) >= 11 is 3.45. The summed E-state index contributed by atoms with van der Waals surface area (Å²) in [6.45, 7) is 7.95. The highest BCUT2D eigenvalue weighted by atomic mass is 79.9. The molecule has 2 aromatic rings. The Hall–Kier alpha value is -2.39. The SMILES string of the molecule is CCCCNC(=O)C(C)N(Cc1cccc(Br)c1)C(=O)CN(c1ccccc1C(C)C)S(C)(=O)=O. The van der Waals surface area contributed by atoms with E-state index in [-0.39, 0.29) is 18.4 Å². The van der Waals surface area contributed by atoms with E-state index in [1.165, 1.54) is 4.90 Å². The number of nitrogens with one attached hydrogen (secondary N) is 1. The highest BCUT2D eigenvalue weighted by Crippen LogP contribution is 2.29. The molecule has 1 unspecified atom stereocenters. The zero-order chi connectivity index (χ0) is 26.2. The minimum atomic E-state index is -3.77. The molecule has 0 radical (unpaired) electrons. The van der Waals surface area contributed by atoms with Crippen LogP contribution in [-0.4, -0.2) is 50.5 Å². The maximum absolute atomic E-state index is 13.6. The van der Waals surface area contributed by atoms with Gasteiger partial charge in [0.2, 0.25) is 21.8 Å². The van der Waals surface area contributed by atoms with Crippen molar-refractivity contribution in [1.82, 2.24) is 10.2 Å². The molecule has 1 N–H and O–H groups in total. The van der Waals surface area contributed by atoms with Gasteiger partial charge in [-0.05, 0) is 48.6 Å². The van der Waals surface area contributed by atoms with E-state index in [0.717, 1.165) is 39.0 Å². The van der Waals surface area contributed by atoms with Crippen LogP contribution in [0.15, 0.2) is 53.0 Å². The number of halogens is 1. The normalized spacial score (nSPS) is 12.3. The Bertz CT molecular complexity index is 1120. The number of nitrogens with zero attached hydrogens (tertiary/aromatic N) is 2. The van der Waals surface area contributed by atoms with Crippen molar-refractivity contribution < 1.29 is 18.0 Å². The summed E-state index contributed by atoms with van der Waals surface area (Å²) in [6.07, 6.45) is 2.87. The lowest BCUT2D eigenvalue weighted by Crippen LogP contribution is -2.51. The fraction of sp³-hybridized carbons (Fsp3) is 0.462. The molecule has 192 valence electrons. The van der Waals surface area contributed by atoms with Gasteiger partial charge in [-0.2, -0.15) is 0 Å². The second-order valence-electron chi connectivity index (χ2n) is 8.96. The first-order chi connectivity index (χ1) is 16.5. The van der Waals surface area contributed by atoms with E-state index in [0.29, 0.717) is 12.2 Å². The van der Waals surface area contributed by atoms with Crippen LogP contribution in [0.5, 0.6) is 0 Å². The number of hydrogen-bond acceptors (Lipinski definition) is 4. The van der Waals surface area contributed by atoms with Crippen molar-refractivity contribution in [1.29, 1.82) is 0 Å². The van der Waals surface area contributed by atoms with Crippen LogP contribution in [0, 0.1) is 0 Å². The quantitative estimate of drug-likeness (QED) is 0.379. The number of sulfonamides is 1. The largest absolute Gasteiger partial charge is 0.354 e. The van der Waals surface area contributed by atoms with Crippen LogP contribution in [0.2, 0.25) is 0 Å². The number of anilines is 1. The predicted octanol–water partition coefficient (Wildman–Crippen LogP) is 4.67. The molecule has 0 bridgehead atoms. The number of rotatable bonds is 12. The summed E-state index contributed by atoms with van der Waals surface area (Å²) in [5, 5.41) is 2.88. The van der Waals surface area contributed by atoms with Crippen LogP contribution in [0.4, 0.5) is 5.69 Å². The van der Waals surface area contributed by atoms with Crippen molar-refractivity contribution in [2.24, 2.45) is 0 Å². The molecular weight excluding hydrogens is 530 g/mol. The van der Waals surface area contributed by atoms with Crippen LogP contribution < -0.4 is 9.62 Å². The van der Waals surface area contributed by atoms with Gasteiger partial charge in [-0.3, -0.25) is 13.9 Å². The second-order valence-corrected chi connectivity index (χ2v) is 11.8. The van der Waals surface area contributed by atoms with E-state index >= 15 is 0 Å². The van der Waals surface area contributed by atoms with Crippen LogP contribution >= 0.6 is 15.9 Å². The topological polar surface area (TPSA) is 86.8 Å². The Morgan fingerprint density at radius 3 is 2.34 bits per heavy atom. The van der Waals surface area contributed by atoms with Crippen molar-refractivity contribution in [2.45, 2.75) is 59.0 Å². The third-order valence-electron chi connectivity index (χ3n) is 5.75. The standard InChI is InChI=1S/C26H36BrN3O4S/c1-6-7-15-28-26(32)20(4)29(17-21-11-10-12-22(27)16-21)25(31)18-30(35(5,33)34)24-14-9-8-13-23(24)19(2)3/h8-14,16,19-20H,6-7,15,17-18H2,1-5H3,(H,28,32). The molecule has 0 aromatic heterocycles. The maximum Gasteiger partial charge on any atom is 0.244 e. The van der Waals surface area contributed by atoms with Gasteiger partial charge in [-0.25, -0.2) is 8.42 Å². The number of amides is 2. The predicted molar refractivity (Wildman–Crippen MR) is 145 cm³/mol. The van der Waals surface area contributed by atoms with Crippen molar-refractivity contribution in [2.75, 3.05) is 23.7 Å². The highest BCUT2D eigenvalue weighted by molar-refractivity contribution is 9.10. The molecule has 0 heterocycles. The van der Waals surface area contributed by atoms with Crippen molar-refractivity contribution in [3.63, 3.8) is 0 Å². The van der Waals surface area contributed by atoms with Crippen LogP contribution in [0.25, 0.3) is 0 Å². The van der Waals surface area contributed by atoms with E-state index in [1.807, 2.05) is 57.2 Å². The summed E-state index contributed by atoms with van der Waals surface area (Å²) in [7, 11) is -3.77. The first-order valence-corrected chi connectivity index (χ1v) is 14.5. The molecule has 0 aliphatic heterocycles. The Balaban J connectivity index is 2.42. The maximum atomic E-state index is 13.6. The van der Waals surface area contributed by atoms with E-state index in [1.54, 1.807) is 19.1 Å². The van der Waals surface area contributed by atoms with Crippen LogP contribution in [0.3, 0.4) is 0 Å². The van der Waals surface area contributed by atoms with Crippen molar-refractivity contribution in [3.8, 4) is 0 Å². The third kappa shape index (κ3) is 8.35. The minimum absolute atomic E-state index is 0.0617. The molecule has 0 spiro atoms. The summed E-state index contributed by atoms with van der Waals surface area (Å²) < 4.78 is 27.6. The molecule has 1 atom stereocenters. The minimum Gasteiger partial charge on any atom is -0.354 e. The summed E-state index contributed by atoms with van der Waals surface area (Å²) in [5.74, 6) is -0.658. The molecule has 0 aliphatic carbocycles. The van der Waals surface area contributed by atoms with Crippen molar-refractivity contribution in [3.05, 3.63) is 64.1 Å². The summed E-state index contributed by atoms with van der Waals surface area (Å²) in [6, 6.07) is 13.9. The van der Waals surface area contributed by atoms with Gasteiger partial charge in [0.25, 0.3) is 0 Å². The van der Waals surface area contributed by atoms with Gasteiger partial charge in [-0.15, -0.1) is 0 Å². The molecule has 0 fully saturated rings. The molecule has 2 rings (SSSR count). The number of unbranched alkanes of at least 4 members (excludes halogenated alkanes) is 1.